The topological polar surface area (TPSA) is 34.8 Å². The molecule has 1 aromatic heterocycles. The SMILES string of the molecule is CC1(C)NC12CCC(c1ccnc3ccccc13)CC2. The maximum Gasteiger partial charge on any atom is 0.0704 e. The molecule has 1 saturated heterocycles. The van der Waals surface area contributed by atoms with E-state index >= 15 is 0 Å². The third kappa shape index (κ3) is 1.71. The predicted octanol–water partition coefficient (Wildman–Crippen LogP) is 4.01. The Bertz CT molecular complexity index is 646. The Balaban J connectivity index is 1.62. The minimum absolute atomic E-state index is 0.359. The van der Waals surface area contributed by atoms with Crippen LogP contribution in [0, 0.1) is 0 Å². The number of nitrogens with one attached hydrogen (secondary N) is 1. The highest BCUT2D eigenvalue weighted by Gasteiger charge is 2.60. The van der Waals surface area contributed by atoms with Crippen LogP contribution in [0.1, 0.15) is 51.0 Å². The summed E-state index contributed by atoms with van der Waals surface area (Å²) < 4.78 is 0. The van der Waals surface area contributed by atoms with Crippen molar-refractivity contribution in [3.63, 3.8) is 0 Å². The van der Waals surface area contributed by atoms with Crippen molar-refractivity contribution in [2.75, 3.05) is 0 Å². The molecule has 1 spiro atoms. The normalized spacial score (nSPS) is 31.6. The largest absolute Gasteiger partial charge is 0.303 e. The van der Waals surface area contributed by atoms with E-state index < -0.39 is 0 Å². The van der Waals surface area contributed by atoms with Crippen molar-refractivity contribution in [1.29, 1.82) is 0 Å². The van der Waals surface area contributed by atoms with E-state index in [1.807, 2.05) is 6.20 Å². The summed E-state index contributed by atoms with van der Waals surface area (Å²) in [5, 5.41) is 5.07. The number of pyridine rings is 1. The van der Waals surface area contributed by atoms with Crippen LogP contribution in [0.2, 0.25) is 0 Å². The molecule has 1 saturated carbocycles. The van der Waals surface area contributed by atoms with Crippen molar-refractivity contribution < 1.29 is 0 Å². The highest BCUT2D eigenvalue weighted by Crippen LogP contribution is 2.52. The summed E-state index contributed by atoms with van der Waals surface area (Å²) in [7, 11) is 0. The van der Waals surface area contributed by atoms with Gasteiger partial charge >= 0.3 is 0 Å². The number of fused-ring (bicyclic) bond motifs is 1. The van der Waals surface area contributed by atoms with Crippen LogP contribution in [0.5, 0.6) is 0 Å². The third-order valence-electron chi connectivity index (χ3n) is 5.65. The first-order valence-electron chi connectivity index (χ1n) is 7.74. The zero-order chi connectivity index (χ0) is 13.8. The lowest BCUT2D eigenvalue weighted by Gasteiger charge is -2.30. The van der Waals surface area contributed by atoms with Crippen LogP contribution in [-0.4, -0.2) is 16.1 Å². The van der Waals surface area contributed by atoms with Crippen LogP contribution in [0.3, 0.4) is 0 Å². The minimum atomic E-state index is 0.359. The number of rotatable bonds is 1. The molecule has 20 heavy (non-hydrogen) atoms. The number of benzene rings is 1. The van der Waals surface area contributed by atoms with Crippen molar-refractivity contribution in [2.45, 2.75) is 56.5 Å². The van der Waals surface area contributed by atoms with Gasteiger partial charge in [0.2, 0.25) is 0 Å². The molecule has 0 amide bonds. The van der Waals surface area contributed by atoms with Crippen LogP contribution in [-0.2, 0) is 0 Å². The zero-order valence-corrected chi connectivity index (χ0v) is 12.3. The van der Waals surface area contributed by atoms with Gasteiger partial charge in [0.05, 0.1) is 5.52 Å². The third-order valence-corrected chi connectivity index (χ3v) is 5.65. The lowest BCUT2D eigenvalue weighted by molar-refractivity contribution is 0.346. The Morgan fingerprint density at radius 3 is 2.50 bits per heavy atom. The number of para-hydroxylation sites is 1. The fraction of sp³-hybridized carbons (Fsp3) is 0.500. The van der Waals surface area contributed by atoms with Crippen molar-refractivity contribution >= 4 is 10.9 Å². The second kappa shape index (κ2) is 4.05. The molecule has 1 N–H and O–H groups in total. The van der Waals surface area contributed by atoms with Crippen LogP contribution < -0.4 is 5.32 Å². The second-order valence-corrected chi connectivity index (χ2v) is 7.02. The van der Waals surface area contributed by atoms with Crippen LogP contribution in [0.4, 0.5) is 0 Å². The van der Waals surface area contributed by atoms with Gasteiger partial charge in [-0.1, -0.05) is 18.2 Å². The molecule has 0 bridgehead atoms. The van der Waals surface area contributed by atoms with E-state index in [2.05, 4.69) is 54.5 Å². The first-order valence-corrected chi connectivity index (χ1v) is 7.74. The molecule has 0 unspecified atom stereocenters. The van der Waals surface area contributed by atoms with Crippen molar-refractivity contribution in [1.82, 2.24) is 10.3 Å². The van der Waals surface area contributed by atoms with E-state index in [4.69, 9.17) is 0 Å². The van der Waals surface area contributed by atoms with Crippen molar-refractivity contribution in [3.05, 3.63) is 42.1 Å². The van der Waals surface area contributed by atoms with Gasteiger partial charge in [-0.2, -0.15) is 0 Å². The molecule has 0 radical (unpaired) electrons. The summed E-state index contributed by atoms with van der Waals surface area (Å²) >= 11 is 0. The molecular formula is C18H22N2. The Kier molecular flexibility index (Phi) is 2.50. The minimum Gasteiger partial charge on any atom is -0.303 e. The average Bonchev–Trinajstić information content (AvgIpc) is 2.99. The van der Waals surface area contributed by atoms with Crippen LogP contribution >= 0.6 is 0 Å². The Hall–Kier alpha value is -1.41. The molecule has 104 valence electrons. The van der Waals surface area contributed by atoms with Crippen molar-refractivity contribution in [3.8, 4) is 0 Å². The average molecular weight is 266 g/mol. The molecule has 1 aromatic carbocycles. The molecule has 0 atom stereocenters. The van der Waals surface area contributed by atoms with Gasteiger partial charge in [0, 0.05) is 22.7 Å². The summed E-state index contributed by atoms with van der Waals surface area (Å²) in [6, 6.07) is 10.8. The monoisotopic (exact) mass is 266 g/mol. The van der Waals surface area contributed by atoms with Crippen LogP contribution in [0.15, 0.2) is 36.5 Å². The van der Waals surface area contributed by atoms with Gasteiger partial charge in [-0.05, 0) is 63.1 Å². The van der Waals surface area contributed by atoms with E-state index in [-0.39, 0.29) is 0 Å². The van der Waals surface area contributed by atoms with Gasteiger partial charge in [0.1, 0.15) is 0 Å². The first-order chi connectivity index (χ1) is 9.61. The molecule has 2 aliphatic rings. The summed E-state index contributed by atoms with van der Waals surface area (Å²) in [6.45, 7) is 4.68. The quantitative estimate of drug-likeness (QED) is 0.791. The summed E-state index contributed by atoms with van der Waals surface area (Å²) in [6.07, 6.45) is 7.18. The lowest BCUT2D eigenvalue weighted by atomic mass is 9.74. The summed E-state index contributed by atoms with van der Waals surface area (Å²) in [4.78, 5) is 4.49. The Morgan fingerprint density at radius 2 is 1.80 bits per heavy atom. The zero-order valence-electron chi connectivity index (χ0n) is 12.3. The first kappa shape index (κ1) is 12.3. The molecule has 2 nitrogen and oxygen atoms in total. The number of aromatic nitrogens is 1. The van der Waals surface area contributed by atoms with E-state index in [1.54, 1.807) is 0 Å². The maximum atomic E-state index is 4.49. The van der Waals surface area contributed by atoms with Crippen molar-refractivity contribution in [2.24, 2.45) is 0 Å². The van der Waals surface area contributed by atoms with Gasteiger partial charge in [-0.3, -0.25) is 4.98 Å². The Labute approximate surface area is 120 Å². The fourth-order valence-electron chi connectivity index (χ4n) is 4.21. The molecule has 4 rings (SSSR count). The van der Waals surface area contributed by atoms with E-state index in [0.29, 0.717) is 17.0 Å². The molecule has 2 heterocycles. The Morgan fingerprint density at radius 1 is 1.10 bits per heavy atom. The highest BCUT2D eigenvalue weighted by molar-refractivity contribution is 5.82. The van der Waals surface area contributed by atoms with E-state index in [1.165, 1.54) is 36.6 Å². The number of hydrogen-bond acceptors (Lipinski definition) is 2. The summed E-state index contributed by atoms with van der Waals surface area (Å²) in [5.41, 5.74) is 3.43. The van der Waals surface area contributed by atoms with E-state index in [9.17, 15) is 0 Å². The van der Waals surface area contributed by atoms with Gasteiger partial charge < -0.3 is 5.32 Å². The molecular weight excluding hydrogens is 244 g/mol. The maximum absolute atomic E-state index is 4.49. The molecule has 1 aliphatic carbocycles. The molecule has 2 heteroatoms. The molecule has 2 aromatic rings. The van der Waals surface area contributed by atoms with Gasteiger partial charge in [-0.25, -0.2) is 0 Å². The fourth-order valence-corrected chi connectivity index (χ4v) is 4.21. The van der Waals surface area contributed by atoms with Crippen LogP contribution in [0.25, 0.3) is 10.9 Å². The van der Waals surface area contributed by atoms with Gasteiger partial charge in [0.15, 0.2) is 0 Å². The highest BCUT2D eigenvalue weighted by atomic mass is 15.3. The van der Waals surface area contributed by atoms with Gasteiger partial charge in [-0.15, -0.1) is 0 Å². The van der Waals surface area contributed by atoms with E-state index in [0.717, 1.165) is 5.52 Å². The second-order valence-electron chi connectivity index (χ2n) is 7.02. The number of nitrogens with zero attached hydrogens (tertiary/aromatic N) is 1. The molecule has 2 fully saturated rings. The summed E-state index contributed by atoms with van der Waals surface area (Å²) in [5.74, 6) is 0.701. The van der Waals surface area contributed by atoms with Gasteiger partial charge in [0.25, 0.3) is 0 Å². The molecule has 1 aliphatic heterocycles. The number of hydrogen-bond donors (Lipinski definition) is 1. The smallest absolute Gasteiger partial charge is 0.0704 e. The lowest BCUT2D eigenvalue weighted by Crippen LogP contribution is -2.27. The predicted molar refractivity (Wildman–Crippen MR) is 82.9 cm³/mol. The standard InChI is InChI=1S/C18H22N2/c1-17(2)18(20-17)10-7-13(8-11-18)14-9-12-19-16-6-4-3-5-15(14)16/h3-6,9,12-13,20H,7-8,10-11H2,1-2H3.